The third-order valence-electron chi connectivity index (χ3n) is 9.06. The van der Waals surface area contributed by atoms with Crippen molar-refractivity contribution in [3.63, 3.8) is 0 Å². The summed E-state index contributed by atoms with van der Waals surface area (Å²) in [4.78, 5) is 0. The van der Waals surface area contributed by atoms with Gasteiger partial charge in [0.2, 0.25) is 0 Å². The zero-order valence-corrected chi connectivity index (χ0v) is 14.8. The molecular formula is C20H34O3. The van der Waals surface area contributed by atoms with E-state index in [4.69, 9.17) is 0 Å². The minimum absolute atomic E-state index is 0.0828. The van der Waals surface area contributed by atoms with Crippen molar-refractivity contribution in [1.82, 2.24) is 0 Å². The van der Waals surface area contributed by atoms with Crippen molar-refractivity contribution >= 4 is 0 Å². The molecule has 0 radical (unpaired) electrons. The standard InChI is InChI=1S/C20H34O3/c1-18-9-10-20(23,12-21)11-13(18)3-4-14-15-5-6-17(22)19(15,2)8-7-16(14)18/h13-17,21-23H,3-12H2,1-2H3/t13-,14-,15-,16-,17-,18-,19-,20-/m0/s1. The van der Waals surface area contributed by atoms with Gasteiger partial charge in [0, 0.05) is 0 Å². The summed E-state index contributed by atoms with van der Waals surface area (Å²) < 4.78 is 0. The van der Waals surface area contributed by atoms with Crippen LogP contribution in [0.2, 0.25) is 0 Å². The highest BCUT2D eigenvalue weighted by Crippen LogP contribution is 2.66. The average Bonchev–Trinajstić information content (AvgIpc) is 2.84. The van der Waals surface area contributed by atoms with Crippen LogP contribution >= 0.6 is 0 Å². The molecule has 0 aromatic rings. The molecule has 4 saturated carbocycles. The molecule has 0 spiro atoms. The summed E-state index contributed by atoms with van der Waals surface area (Å²) in [7, 11) is 0. The number of hydrogen-bond acceptors (Lipinski definition) is 3. The molecule has 4 rings (SSSR count). The topological polar surface area (TPSA) is 60.7 Å². The first kappa shape index (κ1) is 16.4. The van der Waals surface area contributed by atoms with Crippen LogP contribution in [0.1, 0.15) is 71.6 Å². The van der Waals surface area contributed by atoms with E-state index in [0.29, 0.717) is 17.3 Å². The van der Waals surface area contributed by atoms with E-state index in [9.17, 15) is 15.3 Å². The summed E-state index contributed by atoms with van der Waals surface area (Å²) >= 11 is 0. The predicted molar refractivity (Wildman–Crippen MR) is 89.8 cm³/mol. The smallest absolute Gasteiger partial charge is 0.0880 e. The molecule has 132 valence electrons. The molecule has 0 aromatic carbocycles. The minimum Gasteiger partial charge on any atom is -0.393 e. The molecule has 0 unspecified atom stereocenters. The van der Waals surface area contributed by atoms with E-state index in [1.165, 1.54) is 32.1 Å². The summed E-state index contributed by atoms with van der Waals surface area (Å²) in [5.41, 5.74) is -0.339. The molecule has 4 aliphatic carbocycles. The Morgan fingerprint density at radius 3 is 2.35 bits per heavy atom. The van der Waals surface area contributed by atoms with Gasteiger partial charge in [-0.05, 0) is 92.3 Å². The second-order valence-electron chi connectivity index (χ2n) is 9.88. The average molecular weight is 322 g/mol. The molecule has 3 N–H and O–H groups in total. The van der Waals surface area contributed by atoms with E-state index in [2.05, 4.69) is 13.8 Å². The number of aliphatic hydroxyl groups excluding tert-OH is 2. The van der Waals surface area contributed by atoms with Gasteiger partial charge in [-0.1, -0.05) is 13.8 Å². The maximum absolute atomic E-state index is 10.6. The number of rotatable bonds is 1. The Labute approximate surface area is 140 Å². The van der Waals surface area contributed by atoms with Crippen LogP contribution in [0, 0.1) is 34.5 Å². The van der Waals surface area contributed by atoms with E-state index in [1.54, 1.807) is 0 Å². The third-order valence-corrected chi connectivity index (χ3v) is 9.06. The zero-order chi connectivity index (χ0) is 16.5. The second kappa shape index (κ2) is 5.19. The SMILES string of the molecule is C[C@]12CC[C@@](O)(CO)C[C@@H]1CC[C@@H]1[C@@H]2CC[C@]2(C)[C@@H](O)CC[C@@H]12. The third kappa shape index (κ3) is 2.19. The molecule has 0 amide bonds. The molecule has 0 aliphatic heterocycles. The first-order valence-electron chi connectivity index (χ1n) is 9.84. The van der Waals surface area contributed by atoms with Crippen molar-refractivity contribution in [1.29, 1.82) is 0 Å². The molecule has 4 fully saturated rings. The van der Waals surface area contributed by atoms with Gasteiger partial charge < -0.3 is 15.3 Å². The summed E-state index contributed by atoms with van der Waals surface area (Å²) in [5.74, 6) is 2.79. The van der Waals surface area contributed by atoms with Crippen LogP contribution in [0.4, 0.5) is 0 Å². The van der Waals surface area contributed by atoms with E-state index >= 15 is 0 Å². The van der Waals surface area contributed by atoms with Crippen molar-refractivity contribution < 1.29 is 15.3 Å². The second-order valence-corrected chi connectivity index (χ2v) is 9.88. The molecule has 8 atom stereocenters. The molecule has 3 heteroatoms. The van der Waals surface area contributed by atoms with Crippen LogP contribution in [0.15, 0.2) is 0 Å². The Morgan fingerprint density at radius 1 is 0.870 bits per heavy atom. The van der Waals surface area contributed by atoms with Gasteiger partial charge in [-0.2, -0.15) is 0 Å². The Morgan fingerprint density at radius 2 is 1.61 bits per heavy atom. The molecule has 23 heavy (non-hydrogen) atoms. The number of hydrogen-bond donors (Lipinski definition) is 3. The van der Waals surface area contributed by atoms with Gasteiger partial charge in [0.25, 0.3) is 0 Å². The fourth-order valence-electron chi connectivity index (χ4n) is 7.44. The Balaban J connectivity index is 1.60. The van der Waals surface area contributed by atoms with Gasteiger partial charge in [-0.15, -0.1) is 0 Å². The Kier molecular flexibility index (Phi) is 3.69. The number of fused-ring (bicyclic) bond motifs is 5. The van der Waals surface area contributed by atoms with Crippen LogP contribution in [-0.4, -0.2) is 33.6 Å². The predicted octanol–water partition coefficient (Wildman–Crippen LogP) is 3.11. The van der Waals surface area contributed by atoms with Crippen LogP contribution in [0.25, 0.3) is 0 Å². The quantitative estimate of drug-likeness (QED) is 0.695. The number of aliphatic hydroxyl groups is 3. The van der Waals surface area contributed by atoms with E-state index in [0.717, 1.165) is 37.5 Å². The molecule has 0 aromatic heterocycles. The monoisotopic (exact) mass is 322 g/mol. The molecule has 0 bridgehead atoms. The summed E-state index contributed by atoms with van der Waals surface area (Å²) in [6.45, 7) is 4.73. The van der Waals surface area contributed by atoms with Gasteiger partial charge >= 0.3 is 0 Å². The highest BCUT2D eigenvalue weighted by atomic mass is 16.3. The molecule has 0 heterocycles. The fourth-order valence-corrected chi connectivity index (χ4v) is 7.44. The van der Waals surface area contributed by atoms with Gasteiger partial charge in [0.05, 0.1) is 18.3 Å². The lowest BCUT2D eigenvalue weighted by molar-refractivity contribution is -0.163. The lowest BCUT2D eigenvalue weighted by atomic mass is 9.44. The van der Waals surface area contributed by atoms with Crippen LogP contribution in [0.3, 0.4) is 0 Å². The van der Waals surface area contributed by atoms with Gasteiger partial charge in [0.15, 0.2) is 0 Å². The summed E-state index contributed by atoms with van der Waals surface area (Å²) in [6.07, 6.45) is 9.59. The zero-order valence-electron chi connectivity index (χ0n) is 14.8. The normalized spacial score (nSPS) is 59.1. The maximum atomic E-state index is 10.6. The Hall–Kier alpha value is -0.120. The largest absolute Gasteiger partial charge is 0.393 e. The van der Waals surface area contributed by atoms with Crippen LogP contribution < -0.4 is 0 Å². The van der Waals surface area contributed by atoms with Crippen molar-refractivity contribution in [2.24, 2.45) is 34.5 Å². The van der Waals surface area contributed by atoms with Crippen molar-refractivity contribution in [2.75, 3.05) is 6.61 Å². The van der Waals surface area contributed by atoms with Crippen LogP contribution in [-0.2, 0) is 0 Å². The lowest BCUT2D eigenvalue weighted by Crippen LogP contribution is -2.56. The highest BCUT2D eigenvalue weighted by Gasteiger charge is 2.61. The van der Waals surface area contributed by atoms with E-state index in [1.807, 2.05) is 0 Å². The summed E-state index contributed by atoms with van der Waals surface area (Å²) in [6, 6.07) is 0. The maximum Gasteiger partial charge on any atom is 0.0880 e. The Bertz CT molecular complexity index is 480. The van der Waals surface area contributed by atoms with Crippen molar-refractivity contribution in [3.8, 4) is 0 Å². The van der Waals surface area contributed by atoms with E-state index in [-0.39, 0.29) is 18.1 Å². The van der Waals surface area contributed by atoms with E-state index < -0.39 is 5.60 Å². The summed E-state index contributed by atoms with van der Waals surface area (Å²) in [5, 5.41) is 30.6. The van der Waals surface area contributed by atoms with Crippen molar-refractivity contribution in [2.45, 2.75) is 83.3 Å². The van der Waals surface area contributed by atoms with Gasteiger partial charge in [0.1, 0.15) is 0 Å². The first-order valence-corrected chi connectivity index (χ1v) is 9.84. The lowest BCUT2D eigenvalue weighted by Gasteiger charge is -2.61. The molecule has 0 saturated heterocycles. The first-order chi connectivity index (χ1) is 10.8. The molecular weight excluding hydrogens is 288 g/mol. The highest BCUT2D eigenvalue weighted by molar-refractivity contribution is 5.10. The van der Waals surface area contributed by atoms with Crippen molar-refractivity contribution in [3.05, 3.63) is 0 Å². The molecule has 3 nitrogen and oxygen atoms in total. The molecule has 4 aliphatic rings. The van der Waals surface area contributed by atoms with Gasteiger partial charge in [-0.25, -0.2) is 0 Å². The minimum atomic E-state index is -0.830. The van der Waals surface area contributed by atoms with Crippen LogP contribution in [0.5, 0.6) is 0 Å². The fraction of sp³-hybridized carbons (Fsp3) is 1.00. The van der Waals surface area contributed by atoms with Gasteiger partial charge in [-0.3, -0.25) is 0 Å².